The summed E-state index contributed by atoms with van der Waals surface area (Å²) in [4.78, 5) is 0. The van der Waals surface area contributed by atoms with E-state index in [9.17, 15) is 0 Å². The first-order valence-electron chi connectivity index (χ1n) is 6.20. The van der Waals surface area contributed by atoms with Crippen molar-refractivity contribution in [1.29, 1.82) is 0 Å². The van der Waals surface area contributed by atoms with Crippen LogP contribution in [0, 0.1) is 0 Å². The first-order valence-corrected chi connectivity index (χ1v) is 6.20. The van der Waals surface area contributed by atoms with Crippen LogP contribution in [0.4, 0.5) is 0 Å². The monoisotopic (exact) mass is 227 g/mol. The Labute approximate surface area is 101 Å². The van der Waals surface area contributed by atoms with E-state index in [2.05, 4.69) is 46.7 Å². The van der Waals surface area contributed by atoms with E-state index in [0.717, 1.165) is 13.0 Å². The number of nitrogens with zero attached hydrogens (tertiary/aromatic N) is 2. The number of azo groups is 1. The predicted octanol–water partition coefficient (Wildman–Crippen LogP) is 1.14. The van der Waals surface area contributed by atoms with Crippen LogP contribution >= 0.6 is 0 Å². The molecule has 3 nitrogen and oxygen atoms in total. The van der Waals surface area contributed by atoms with Gasteiger partial charge in [0.15, 0.2) is 0 Å². The Hall–Kier alpha value is -1.64. The van der Waals surface area contributed by atoms with Gasteiger partial charge in [0.25, 0.3) is 0 Å². The fourth-order valence-corrected chi connectivity index (χ4v) is 3.04. The number of fused-ring (bicyclic) bond motifs is 3. The highest BCUT2D eigenvalue weighted by Gasteiger charge is 2.35. The van der Waals surface area contributed by atoms with Crippen LogP contribution in [0.15, 0.2) is 28.4 Å². The topological polar surface area (TPSA) is 36.8 Å². The standard InChI is InChI=1S/C14H17N3/c1-3-9-5-4-6-10-11-7-8-16-17-13(11)14(15-2)12(9)10/h3-6,11,13,15H,7-8H2,1-2H3/b9-3-. The second-order valence-electron chi connectivity index (χ2n) is 4.58. The van der Waals surface area contributed by atoms with E-state index in [-0.39, 0.29) is 6.04 Å². The Morgan fingerprint density at radius 3 is 3.06 bits per heavy atom. The molecule has 3 heteroatoms. The summed E-state index contributed by atoms with van der Waals surface area (Å²) in [5.74, 6) is 0.518. The summed E-state index contributed by atoms with van der Waals surface area (Å²) in [6.45, 7) is 2.95. The average Bonchev–Trinajstić information content (AvgIpc) is 2.72. The van der Waals surface area contributed by atoms with Gasteiger partial charge in [-0.15, -0.1) is 0 Å². The number of hydrogen-bond acceptors (Lipinski definition) is 3. The van der Waals surface area contributed by atoms with Gasteiger partial charge in [-0.25, -0.2) is 0 Å². The van der Waals surface area contributed by atoms with Crippen molar-refractivity contribution in [1.82, 2.24) is 5.32 Å². The van der Waals surface area contributed by atoms with Gasteiger partial charge in [-0.1, -0.05) is 24.3 Å². The zero-order valence-corrected chi connectivity index (χ0v) is 10.3. The number of benzene rings is 1. The third kappa shape index (κ3) is 1.42. The van der Waals surface area contributed by atoms with Crippen molar-refractivity contribution in [3.63, 3.8) is 0 Å². The van der Waals surface area contributed by atoms with E-state index in [1.165, 1.54) is 21.7 Å². The van der Waals surface area contributed by atoms with Crippen molar-refractivity contribution in [2.45, 2.75) is 25.3 Å². The molecule has 1 N–H and O–H groups in total. The molecule has 0 aromatic heterocycles. The average molecular weight is 227 g/mol. The lowest BCUT2D eigenvalue weighted by Gasteiger charge is -2.21. The van der Waals surface area contributed by atoms with Crippen LogP contribution in [-0.4, -0.2) is 19.6 Å². The maximum atomic E-state index is 4.45. The van der Waals surface area contributed by atoms with E-state index in [0.29, 0.717) is 5.92 Å². The molecule has 3 rings (SSSR count). The summed E-state index contributed by atoms with van der Waals surface area (Å²) >= 11 is 0. The minimum absolute atomic E-state index is 0.213. The van der Waals surface area contributed by atoms with Crippen molar-refractivity contribution in [3.05, 3.63) is 34.2 Å². The Bertz CT molecular complexity index is 586. The van der Waals surface area contributed by atoms with E-state index >= 15 is 0 Å². The minimum Gasteiger partial charge on any atom is -0.389 e. The molecule has 0 saturated carbocycles. The first-order chi connectivity index (χ1) is 8.36. The molecule has 0 radical (unpaired) electrons. The molecule has 0 bridgehead atoms. The fraction of sp³-hybridized carbons (Fsp3) is 0.429. The molecule has 2 atom stereocenters. The van der Waals surface area contributed by atoms with Crippen molar-refractivity contribution in [2.24, 2.45) is 10.2 Å². The quantitative estimate of drug-likeness (QED) is 0.767. The van der Waals surface area contributed by atoms with Gasteiger partial charge in [-0.3, -0.25) is 0 Å². The lowest BCUT2D eigenvalue weighted by Crippen LogP contribution is -2.31. The molecule has 17 heavy (non-hydrogen) atoms. The summed E-state index contributed by atoms with van der Waals surface area (Å²) in [6, 6.07) is 6.77. The minimum atomic E-state index is 0.213. The zero-order valence-electron chi connectivity index (χ0n) is 10.3. The highest BCUT2D eigenvalue weighted by molar-refractivity contribution is 5.60. The third-order valence-electron chi connectivity index (χ3n) is 3.80. The molecule has 1 aliphatic carbocycles. The lowest BCUT2D eigenvalue weighted by molar-refractivity contribution is 0.513. The molecule has 0 fully saturated rings. The summed E-state index contributed by atoms with van der Waals surface area (Å²) < 4.78 is 0. The Morgan fingerprint density at radius 1 is 1.41 bits per heavy atom. The Kier molecular flexibility index (Phi) is 2.46. The van der Waals surface area contributed by atoms with Gasteiger partial charge in [0.05, 0.1) is 6.54 Å². The first kappa shape index (κ1) is 10.5. The van der Waals surface area contributed by atoms with Crippen molar-refractivity contribution < 1.29 is 0 Å². The van der Waals surface area contributed by atoms with Gasteiger partial charge in [0.2, 0.25) is 0 Å². The maximum Gasteiger partial charge on any atom is 0.118 e. The molecule has 0 saturated heterocycles. The summed E-state index contributed by atoms with van der Waals surface area (Å²) in [5, 5.41) is 14.7. The van der Waals surface area contributed by atoms with Crippen molar-refractivity contribution >= 4 is 11.8 Å². The lowest BCUT2D eigenvalue weighted by atomic mass is 9.92. The van der Waals surface area contributed by atoms with Gasteiger partial charge >= 0.3 is 0 Å². The smallest absolute Gasteiger partial charge is 0.118 e. The highest BCUT2D eigenvalue weighted by atomic mass is 15.2. The van der Waals surface area contributed by atoms with Crippen molar-refractivity contribution in [2.75, 3.05) is 13.6 Å². The second-order valence-corrected chi connectivity index (χ2v) is 4.58. The van der Waals surface area contributed by atoms with E-state index < -0.39 is 0 Å². The van der Waals surface area contributed by atoms with E-state index in [1.54, 1.807) is 0 Å². The van der Waals surface area contributed by atoms with Crippen LogP contribution in [0.5, 0.6) is 0 Å². The Balaban J connectivity index is 2.35. The molecule has 88 valence electrons. The van der Waals surface area contributed by atoms with Crippen molar-refractivity contribution in [3.8, 4) is 0 Å². The fourth-order valence-electron chi connectivity index (χ4n) is 3.04. The van der Waals surface area contributed by atoms with Gasteiger partial charge in [-0.05, 0) is 24.1 Å². The van der Waals surface area contributed by atoms with Gasteiger partial charge in [0, 0.05) is 23.9 Å². The zero-order chi connectivity index (χ0) is 11.8. The molecular formula is C14H17N3. The molecule has 1 heterocycles. The molecule has 0 spiro atoms. The molecule has 2 unspecified atom stereocenters. The van der Waals surface area contributed by atoms with Gasteiger partial charge < -0.3 is 5.32 Å². The van der Waals surface area contributed by atoms with Gasteiger partial charge in [0.1, 0.15) is 6.04 Å². The number of nitrogens with one attached hydrogen (secondary N) is 1. The van der Waals surface area contributed by atoms with Crippen LogP contribution in [0.3, 0.4) is 0 Å². The van der Waals surface area contributed by atoms with E-state index in [1.807, 2.05) is 7.05 Å². The van der Waals surface area contributed by atoms with E-state index in [4.69, 9.17) is 0 Å². The summed E-state index contributed by atoms with van der Waals surface area (Å²) in [7, 11) is 1.98. The maximum absolute atomic E-state index is 4.45. The molecule has 0 amide bonds. The predicted molar refractivity (Wildman–Crippen MR) is 69.2 cm³/mol. The molecule has 2 aliphatic rings. The number of hydrogen-bond donors (Lipinski definition) is 1. The van der Waals surface area contributed by atoms with Crippen LogP contribution in [0.1, 0.15) is 24.8 Å². The van der Waals surface area contributed by atoms with Gasteiger partial charge in [-0.2, -0.15) is 10.2 Å². The SMILES string of the molecule is C/C=c1/cccc2c1=C(NC)C1N=NCCC21. The number of likely N-dealkylation sites (N-methyl/N-ethyl adjacent to an activating group) is 1. The second kappa shape index (κ2) is 3.99. The molecular weight excluding hydrogens is 210 g/mol. The normalized spacial score (nSPS) is 26.9. The van der Waals surface area contributed by atoms with Crippen LogP contribution in [0.25, 0.3) is 11.8 Å². The summed E-state index contributed by atoms with van der Waals surface area (Å²) in [6.07, 6.45) is 3.28. The molecule has 1 aromatic rings. The summed E-state index contributed by atoms with van der Waals surface area (Å²) in [5.41, 5.74) is 2.68. The molecule has 1 aliphatic heterocycles. The number of rotatable bonds is 1. The molecule has 1 aromatic carbocycles. The largest absolute Gasteiger partial charge is 0.389 e. The Morgan fingerprint density at radius 2 is 2.29 bits per heavy atom. The van der Waals surface area contributed by atoms with Crippen LogP contribution in [0.2, 0.25) is 0 Å². The third-order valence-corrected chi connectivity index (χ3v) is 3.80. The van der Waals surface area contributed by atoms with Crippen LogP contribution < -0.4 is 15.8 Å². The van der Waals surface area contributed by atoms with Crippen LogP contribution in [-0.2, 0) is 0 Å². The highest BCUT2D eigenvalue weighted by Crippen LogP contribution is 2.34.